The van der Waals surface area contributed by atoms with Crippen LogP contribution in [0.3, 0.4) is 0 Å². The van der Waals surface area contributed by atoms with E-state index in [1.807, 2.05) is 6.07 Å². The summed E-state index contributed by atoms with van der Waals surface area (Å²) in [5.41, 5.74) is 8.06. The maximum atomic E-state index is 5.83. The van der Waals surface area contributed by atoms with E-state index in [1.54, 1.807) is 11.3 Å². The van der Waals surface area contributed by atoms with E-state index in [0.29, 0.717) is 11.7 Å². The second kappa shape index (κ2) is 3.56. The van der Waals surface area contributed by atoms with Gasteiger partial charge in [-0.3, -0.25) is 0 Å². The molecule has 2 N–H and O–H groups in total. The Morgan fingerprint density at radius 2 is 2.19 bits per heavy atom. The molecule has 1 saturated carbocycles. The third-order valence-corrected chi connectivity index (χ3v) is 3.84. The van der Waals surface area contributed by atoms with Crippen molar-refractivity contribution < 1.29 is 0 Å². The van der Waals surface area contributed by atoms with Crippen molar-refractivity contribution in [1.29, 1.82) is 0 Å². The van der Waals surface area contributed by atoms with Crippen molar-refractivity contribution in [2.24, 2.45) is 0 Å². The van der Waals surface area contributed by atoms with Gasteiger partial charge >= 0.3 is 0 Å². The fraction of sp³-hybridized carbons (Fsp3) is 0.333. The Morgan fingerprint density at radius 3 is 2.81 bits per heavy atom. The first-order chi connectivity index (χ1) is 7.74. The molecule has 0 atom stereocenters. The summed E-state index contributed by atoms with van der Waals surface area (Å²) in [5.74, 6) is 2.05. The van der Waals surface area contributed by atoms with Gasteiger partial charge in [-0.25, -0.2) is 9.97 Å². The number of thiophene rings is 1. The first-order valence-corrected chi connectivity index (χ1v) is 6.31. The van der Waals surface area contributed by atoms with E-state index >= 15 is 0 Å². The van der Waals surface area contributed by atoms with Gasteiger partial charge in [-0.1, -0.05) is 0 Å². The van der Waals surface area contributed by atoms with Gasteiger partial charge < -0.3 is 5.73 Å². The molecule has 0 unspecified atom stereocenters. The van der Waals surface area contributed by atoms with E-state index in [0.717, 1.165) is 11.5 Å². The molecule has 2 aromatic heterocycles. The summed E-state index contributed by atoms with van der Waals surface area (Å²) in [6, 6.07) is 3.97. The zero-order chi connectivity index (χ0) is 11.1. The molecule has 0 amide bonds. The van der Waals surface area contributed by atoms with Gasteiger partial charge in [-0.05, 0) is 36.8 Å². The van der Waals surface area contributed by atoms with Gasteiger partial charge in [0, 0.05) is 12.0 Å². The lowest BCUT2D eigenvalue weighted by Gasteiger charge is -2.04. The van der Waals surface area contributed by atoms with Crippen LogP contribution in [0.5, 0.6) is 0 Å². The van der Waals surface area contributed by atoms with Crippen molar-refractivity contribution >= 4 is 17.2 Å². The van der Waals surface area contributed by atoms with Crippen molar-refractivity contribution in [3.63, 3.8) is 0 Å². The third-order valence-electron chi connectivity index (χ3n) is 2.80. The number of nitrogens with zero attached hydrogens (tertiary/aromatic N) is 2. The first kappa shape index (κ1) is 9.78. The van der Waals surface area contributed by atoms with E-state index in [-0.39, 0.29) is 0 Å². The molecule has 82 valence electrons. The molecule has 0 bridgehead atoms. The van der Waals surface area contributed by atoms with Crippen molar-refractivity contribution in [3.8, 4) is 10.6 Å². The number of rotatable bonds is 2. The molecule has 3 nitrogen and oxygen atoms in total. The smallest absolute Gasteiger partial charge is 0.134 e. The Balaban J connectivity index is 2.10. The molecule has 1 aliphatic carbocycles. The maximum Gasteiger partial charge on any atom is 0.134 e. The number of hydrogen-bond donors (Lipinski definition) is 1. The molecule has 1 aliphatic rings. The van der Waals surface area contributed by atoms with Crippen LogP contribution in [0.15, 0.2) is 17.5 Å². The summed E-state index contributed by atoms with van der Waals surface area (Å²) in [7, 11) is 0. The van der Waals surface area contributed by atoms with Crippen LogP contribution in [0, 0.1) is 6.92 Å². The highest BCUT2D eigenvalue weighted by Gasteiger charge is 2.27. The second-order valence-corrected chi connectivity index (χ2v) is 5.16. The van der Waals surface area contributed by atoms with Gasteiger partial charge in [-0.2, -0.15) is 0 Å². The van der Waals surface area contributed by atoms with Crippen LogP contribution in [0.4, 0.5) is 5.82 Å². The number of hydrogen-bond acceptors (Lipinski definition) is 4. The largest absolute Gasteiger partial charge is 0.384 e. The van der Waals surface area contributed by atoms with E-state index in [9.17, 15) is 0 Å². The summed E-state index contributed by atoms with van der Waals surface area (Å²) in [4.78, 5) is 10.1. The summed E-state index contributed by atoms with van der Waals surface area (Å²) < 4.78 is 0. The van der Waals surface area contributed by atoms with Crippen molar-refractivity contribution in [2.75, 3.05) is 5.73 Å². The Morgan fingerprint density at radius 1 is 1.38 bits per heavy atom. The van der Waals surface area contributed by atoms with E-state index in [2.05, 4.69) is 28.3 Å². The lowest BCUT2D eigenvalue weighted by Crippen LogP contribution is -1.99. The Hall–Kier alpha value is -1.42. The molecule has 4 heteroatoms. The molecular formula is C12H13N3S. The molecule has 2 aromatic rings. The minimum atomic E-state index is 0.544. The number of aryl methyl sites for hydroxylation is 1. The predicted octanol–water partition coefficient (Wildman–Crippen LogP) is 2.97. The summed E-state index contributed by atoms with van der Waals surface area (Å²) >= 11 is 1.71. The van der Waals surface area contributed by atoms with E-state index in [1.165, 1.54) is 23.3 Å². The third kappa shape index (κ3) is 1.69. The predicted molar refractivity (Wildman–Crippen MR) is 66.5 cm³/mol. The summed E-state index contributed by atoms with van der Waals surface area (Å²) in [5, 5.41) is 2.08. The van der Waals surface area contributed by atoms with Crippen LogP contribution in [0.25, 0.3) is 10.6 Å². The molecule has 16 heavy (non-hydrogen) atoms. The fourth-order valence-electron chi connectivity index (χ4n) is 1.76. The molecule has 0 aromatic carbocycles. The monoisotopic (exact) mass is 231 g/mol. The zero-order valence-corrected chi connectivity index (χ0v) is 9.92. The Labute approximate surface area is 98.4 Å². The highest BCUT2D eigenvalue weighted by atomic mass is 32.1. The van der Waals surface area contributed by atoms with Crippen molar-refractivity contribution in [1.82, 2.24) is 9.97 Å². The van der Waals surface area contributed by atoms with Crippen LogP contribution in [0.1, 0.15) is 30.1 Å². The van der Waals surface area contributed by atoms with Gasteiger partial charge in [0.25, 0.3) is 0 Å². The highest BCUT2D eigenvalue weighted by molar-refractivity contribution is 7.13. The van der Waals surface area contributed by atoms with Gasteiger partial charge in [0.05, 0.1) is 10.6 Å². The first-order valence-electron chi connectivity index (χ1n) is 5.43. The average molecular weight is 231 g/mol. The summed E-state index contributed by atoms with van der Waals surface area (Å²) in [6.45, 7) is 2.10. The molecule has 2 heterocycles. The SMILES string of the molecule is Cc1ccsc1-c1cc(N)nc(C2CC2)n1. The highest BCUT2D eigenvalue weighted by Crippen LogP contribution is 2.39. The molecular weight excluding hydrogens is 218 g/mol. The van der Waals surface area contributed by atoms with E-state index in [4.69, 9.17) is 5.73 Å². The minimum absolute atomic E-state index is 0.544. The van der Waals surface area contributed by atoms with Crippen LogP contribution in [0.2, 0.25) is 0 Å². The fourth-order valence-corrected chi connectivity index (χ4v) is 2.65. The Bertz CT molecular complexity index is 529. The molecule has 0 spiro atoms. The van der Waals surface area contributed by atoms with Crippen LogP contribution in [-0.2, 0) is 0 Å². The van der Waals surface area contributed by atoms with E-state index < -0.39 is 0 Å². The standard InChI is InChI=1S/C12H13N3S/c1-7-4-5-16-11(7)9-6-10(13)15-12(14-9)8-2-3-8/h4-6,8H,2-3H2,1H3,(H2,13,14,15). The normalized spacial score (nSPS) is 15.3. The molecule has 0 aliphatic heterocycles. The number of aromatic nitrogens is 2. The molecule has 1 fully saturated rings. The molecule has 0 radical (unpaired) electrons. The minimum Gasteiger partial charge on any atom is -0.384 e. The van der Waals surface area contributed by atoms with Gasteiger partial charge in [0.15, 0.2) is 0 Å². The quantitative estimate of drug-likeness (QED) is 0.864. The topological polar surface area (TPSA) is 51.8 Å². The second-order valence-electron chi connectivity index (χ2n) is 4.24. The lowest BCUT2D eigenvalue weighted by molar-refractivity contribution is 0.936. The van der Waals surface area contributed by atoms with Crippen LogP contribution < -0.4 is 5.73 Å². The molecule has 0 saturated heterocycles. The number of nitrogens with two attached hydrogens (primary N) is 1. The summed E-state index contributed by atoms with van der Waals surface area (Å²) in [6.07, 6.45) is 2.40. The number of nitrogen functional groups attached to an aromatic ring is 1. The molecule has 3 rings (SSSR count). The van der Waals surface area contributed by atoms with Gasteiger partial charge in [0.2, 0.25) is 0 Å². The maximum absolute atomic E-state index is 5.83. The van der Waals surface area contributed by atoms with Crippen molar-refractivity contribution in [2.45, 2.75) is 25.7 Å². The number of anilines is 1. The van der Waals surface area contributed by atoms with Gasteiger partial charge in [0.1, 0.15) is 11.6 Å². The lowest BCUT2D eigenvalue weighted by atomic mass is 10.2. The van der Waals surface area contributed by atoms with Crippen LogP contribution >= 0.6 is 11.3 Å². The average Bonchev–Trinajstić information content (AvgIpc) is 3.01. The Kier molecular flexibility index (Phi) is 2.17. The van der Waals surface area contributed by atoms with Crippen LogP contribution in [-0.4, -0.2) is 9.97 Å². The van der Waals surface area contributed by atoms with Crippen molar-refractivity contribution in [3.05, 3.63) is 28.9 Å². The van der Waals surface area contributed by atoms with Gasteiger partial charge in [-0.15, -0.1) is 11.3 Å². The zero-order valence-electron chi connectivity index (χ0n) is 9.10.